The fourth-order valence-electron chi connectivity index (χ4n) is 8.99. The van der Waals surface area contributed by atoms with E-state index in [0.29, 0.717) is 19.3 Å². The minimum atomic E-state index is -0.827. The van der Waals surface area contributed by atoms with E-state index in [9.17, 15) is 14.4 Å². The van der Waals surface area contributed by atoms with Crippen LogP contribution in [0, 0.1) is 0 Å². The average molecular weight is 1110 g/mol. The van der Waals surface area contributed by atoms with E-state index in [4.69, 9.17) is 14.2 Å². The van der Waals surface area contributed by atoms with Crippen LogP contribution in [0.3, 0.4) is 0 Å². The highest BCUT2D eigenvalue weighted by molar-refractivity contribution is 5.71. The normalized spacial score (nSPS) is 13.0. The number of allylic oxidation sites excluding steroid dienone is 22. The third-order valence-electron chi connectivity index (χ3n) is 13.9. The average Bonchev–Trinajstić information content (AvgIpc) is 3.46. The smallest absolute Gasteiger partial charge is 0.306 e. The molecule has 80 heavy (non-hydrogen) atoms. The van der Waals surface area contributed by atoms with Crippen LogP contribution in [0.1, 0.15) is 297 Å². The van der Waals surface area contributed by atoms with E-state index in [1.54, 1.807) is 0 Å². The summed E-state index contributed by atoms with van der Waals surface area (Å²) in [6.07, 6.45) is 94.8. The lowest BCUT2D eigenvalue weighted by atomic mass is 10.0. The topological polar surface area (TPSA) is 78.9 Å². The Labute approximate surface area is 494 Å². The van der Waals surface area contributed by atoms with Crippen LogP contribution in [0.2, 0.25) is 0 Å². The van der Waals surface area contributed by atoms with Gasteiger partial charge in [0.1, 0.15) is 13.2 Å². The first-order chi connectivity index (χ1) is 39.5. The lowest BCUT2D eigenvalue weighted by Crippen LogP contribution is -2.30. The van der Waals surface area contributed by atoms with E-state index in [2.05, 4.69) is 148 Å². The second-order valence-electron chi connectivity index (χ2n) is 21.6. The van der Waals surface area contributed by atoms with Gasteiger partial charge in [0, 0.05) is 19.3 Å². The fraction of sp³-hybridized carbons (Fsp3) is 0.662. The highest BCUT2D eigenvalue weighted by Gasteiger charge is 2.19. The van der Waals surface area contributed by atoms with Gasteiger partial charge in [0.25, 0.3) is 0 Å². The molecule has 0 fully saturated rings. The van der Waals surface area contributed by atoms with Crippen LogP contribution in [0.25, 0.3) is 0 Å². The molecule has 6 nitrogen and oxygen atoms in total. The molecular weight excluding hydrogens is 985 g/mol. The van der Waals surface area contributed by atoms with Crippen molar-refractivity contribution in [1.82, 2.24) is 0 Å². The summed E-state index contributed by atoms with van der Waals surface area (Å²) in [7, 11) is 0. The first-order valence-corrected chi connectivity index (χ1v) is 33.2. The molecule has 1 unspecified atom stereocenters. The van der Waals surface area contributed by atoms with Crippen LogP contribution >= 0.6 is 0 Å². The van der Waals surface area contributed by atoms with Gasteiger partial charge in [-0.15, -0.1) is 0 Å². The summed E-state index contributed by atoms with van der Waals surface area (Å²) < 4.78 is 16.9. The van der Waals surface area contributed by atoms with Crippen molar-refractivity contribution < 1.29 is 28.6 Å². The highest BCUT2D eigenvalue weighted by Crippen LogP contribution is 2.16. The van der Waals surface area contributed by atoms with Gasteiger partial charge in [-0.2, -0.15) is 0 Å². The predicted octanol–water partition coefficient (Wildman–Crippen LogP) is 22.9. The molecule has 0 aromatic carbocycles. The Balaban J connectivity index is 4.42. The summed E-state index contributed by atoms with van der Waals surface area (Å²) in [6, 6.07) is 0. The number of esters is 3. The number of hydrogen-bond acceptors (Lipinski definition) is 6. The predicted molar refractivity (Wildman–Crippen MR) is 348 cm³/mol. The SMILES string of the molecule is CC/C=C\C/C=C\C/C=C\C/C=C\C/C=C\C/C=C\CCC(=O)OC(COC(=O)CCCCCCC/C=C\CCCCCCCCC)COC(=O)CCCCCCCCCCCCCCCC/C=C\C/C=C\C/C=C\C/C=C\CC. The molecule has 454 valence electrons. The maximum absolute atomic E-state index is 12.9. The van der Waals surface area contributed by atoms with Gasteiger partial charge in [-0.05, 0) is 122 Å². The molecule has 0 amide bonds. The molecule has 0 rings (SSSR count). The molecule has 6 heteroatoms. The lowest BCUT2D eigenvalue weighted by Gasteiger charge is -2.18. The molecule has 0 radical (unpaired) electrons. The quantitative estimate of drug-likeness (QED) is 0.0261. The van der Waals surface area contributed by atoms with E-state index in [0.717, 1.165) is 116 Å². The van der Waals surface area contributed by atoms with Crippen molar-refractivity contribution in [2.75, 3.05) is 13.2 Å². The first-order valence-electron chi connectivity index (χ1n) is 33.2. The van der Waals surface area contributed by atoms with Crippen molar-refractivity contribution in [2.45, 2.75) is 303 Å². The third-order valence-corrected chi connectivity index (χ3v) is 13.9. The highest BCUT2D eigenvalue weighted by atomic mass is 16.6. The summed E-state index contributed by atoms with van der Waals surface area (Å²) in [5.74, 6) is -1.00. The molecule has 0 aliphatic carbocycles. The van der Waals surface area contributed by atoms with E-state index >= 15 is 0 Å². The van der Waals surface area contributed by atoms with Crippen molar-refractivity contribution in [3.63, 3.8) is 0 Å². The standard InChI is InChI=1S/C74H122O6/c1-4-7-10-13-16-19-22-25-28-31-33-34-35-36-37-38-39-40-42-43-46-49-52-55-58-61-64-67-73(76)79-70-71(69-78-72(75)66-63-60-57-54-51-48-45-30-27-24-21-18-15-12-9-6-3)80-74(77)68-65-62-59-56-53-50-47-44-41-32-29-26-23-20-17-14-11-8-5-2/h7-8,10-11,16-17,19-20,25-26,28-30,33-34,41,44-45,50,53,59,62,71H,4-6,9,12-15,18,21-24,27,31-32,35-40,42-43,46-49,51-52,54-58,60-61,63-70H2,1-3H3/b10-7-,11-8-,19-16-,20-17-,28-25-,29-26-,34-33-,44-41-,45-30-,53-50-,62-59-. The molecule has 0 bridgehead atoms. The van der Waals surface area contributed by atoms with Crippen LogP contribution in [-0.2, 0) is 28.6 Å². The third kappa shape index (κ3) is 64.4. The molecule has 0 N–H and O–H groups in total. The zero-order valence-corrected chi connectivity index (χ0v) is 52.0. The van der Waals surface area contributed by atoms with Gasteiger partial charge in [-0.25, -0.2) is 0 Å². The van der Waals surface area contributed by atoms with Gasteiger partial charge in [0.05, 0.1) is 0 Å². The van der Waals surface area contributed by atoms with Crippen LogP contribution in [0.4, 0.5) is 0 Å². The Bertz CT molecular complexity index is 1700. The molecule has 0 saturated carbocycles. The molecule has 0 aromatic rings. The number of carbonyl (C=O) groups excluding carboxylic acids is 3. The van der Waals surface area contributed by atoms with E-state index in [-0.39, 0.29) is 31.6 Å². The summed E-state index contributed by atoms with van der Waals surface area (Å²) in [4.78, 5) is 38.3. The molecule has 0 saturated heterocycles. The number of carbonyl (C=O) groups is 3. The van der Waals surface area contributed by atoms with Gasteiger partial charge in [-0.3, -0.25) is 14.4 Å². The maximum Gasteiger partial charge on any atom is 0.306 e. The Morgan fingerprint density at radius 2 is 0.512 bits per heavy atom. The van der Waals surface area contributed by atoms with Crippen molar-refractivity contribution in [3.05, 3.63) is 134 Å². The van der Waals surface area contributed by atoms with Gasteiger partial charge < -0.3 is 14.2 Å². The van der Waals surface area contributed by atoms with Crippen LogP contribution < -0.4 is 0 Å². The van der Waals surface area contributed by atoms with Crippen molar-refractivity contribution in [2.24, 2.45) is 0 Å². The molecule has 0 aliphatic heterocycles. The first kappa shape index (κ1) is 75.5. The molecule has 0 aliphatic rings. The van der Waals surface area contributed by atoms with Crippen LogP contribution in [-0.4, -0.2) is 37.2 Å². The van der Waals surface area contributed by atoms with Gasteiger partial charge in [-0.1, -0.05) is 289 Å². The molecule has 1 atom stereocenters. The van der Waals surface area contributed by atoms with Gasteiger partial charge >= 0.3 is 17.9 Å². The monoisotopic (exact) mass is 1110 g/mol. The Hall–Kier alpha value is -4.45. The second-order valence-corrected chi connectivity index (χ2v) is 21.6. The summed E-state index contributed by atoms with van der Waals surface area (Å²) in [6.45, 7) is 6.36. The van der Waals surface area contributed by atoms with Crippen molar-refractivity contribution >= 4 is 17.9 Å². The fourth-order valence-corrected chi connectivity index (χ4v) is 8.99. The maximum atomic E-state index is 12.9. The van der Waals surface area contributed by atoms with Gasteiger partial charge in [0.15, 0.2) is 6.10 Å². The Morgan fingerprint density at radius 3 is 0.825 bits per heavy atom. The van der Waals surface area contributed by atoms with E-state index in [1.165, 1.54) is 135 Å². The summed E-state index contributed by atoms with van der Waals surface area (Å²) in [5, 5.41) is 0. The zero-order valence-electron chi connectivity index (χ0n) is 52.0. The Kier molecular flexibility index (Phi) is 63.3. The van der Waals surface area contributed by atoms with E-state index in [1.807, 2.05) is 6.08 Å². The van der Waals surface area contributed by atoms with Crippen molar-refractivity contribution in [1.29, 1.82) is 0 Å². The lowest BCUT2D eigenvalue weighted by molar-refractivity contribution is -0.166. The largest absolute Gasteiger partial charge is 0.462 e. The van der Waals surface area contributed by atoms with Crippen LogP contribution in [0.15, 0.2) is 134 Å². The number of ether oxygens (including phenoxy) is 3. The second kappa shape index (κ2) is 67.1. The molecule has 0 heterocycles. The Morgan fingerprint density at radius 1 is 0.263 bits per heavy atom. The molecular formula is C74H122O6. The minimum absolute atomic E-state index is 0.113. The van der Waals surface area contributed by atoms with Crippen LogP contribution in [0.5, 0.6) is 0 Å². The summed E-state index contributed by atoms with van der Waals surface area (Å²) in [5.41, 5.74) is 0. The van der Waals surface area contributed by atoms with Crippen molar-refractivity contribution in [3.8, 4) is 0 Å². The number of rotatable bonds is 59. The molecule has 0 spiro atoms. The summed E-state index contributed by atoms with van der Waals surface area (Å²) >= 11 is 0. The van der Waals surface area contributed by atoms with E-state index < -0.39 is 12.1 Å². The molecule has 0 aromatic heterocycles. The minimum Gasteiger partial charge on any atom is -0.462 e. The van der Waals surface area contributed by atoms with Gasteiger partial charge in [0.2, 0.25) is 0 Å². The number of unbranched alkanes of at least 4 members (excludes halogenated alkanes) is 26. The zero-order chi connectivity index (χ0) is 57.8. The number of hydrogen-bond donors (Lipinski definition) is 0.